The Balaban J connectivity index is 0.00000240. The number of imidazole rings is 1. The molecule has 0 radical (unpaired) electrons. The maximum Gasteiger partial charge on any atom is 0.194 e. The number of nitrogens with one attached hydrogen (secondary N) is 1. The van der Waals surface area contributed by atoms with E-state index in [1.807, 2.05) is 19.6 Å². The lowest BCUT2D eigenvalue weighted by Crippen LogP contribution is -2.53. The van der Waals surface area contributed by atoms with Crippen molar-refractivity contribution in [3.05, 3.63) is 54.1 Å². The van der Waals surface area contributed by atoms with E-state index in [9.17, 15) is 0 Å². The van der Waals surface area contributed by atoms with Crippen molar-refractivity contribution >= 4 is 29.9 Å². The molecular formula is C21H30IN5O2. The van der Waals surface area contributed by atoms with E-state index >= 15 is 0 Å². The van der Waals surface area contributed by atoms with Gasteiger partial charge in [0.05, 0.1) is 19.0 Å². The summed E-state index contributed by atoms with van der Waals surface area (Å²) in [6, 6.07) is 8.67. The minimum absolute atomic E-state index is 0. The van der Waals surface area contributed by atoms with Gasteiger partial charge in [-0.1, -0.05) is 24.3 Å². The van der Waals surface area contributed by atoms with Crippen LogP contribution in [-0.4, -0.2) is 66.0 Å². The van der Waals surface area contributed by atoms with E-state index in [1.54, 1.807) is 6.20 Å². The number of guanidine groups is 1. The van der Waals surface area contributed by atoms with Gasteiger partial charge in [0.25, 0.3) is 0 Å². The molecule has 2 aliphatic rings. The third-order valence-electron chi connectivity index (χ3n) is 5.38. The maximum atomic E-state index is 5.95. The first-order valence-corrected chi connectivity index (χ1v) is 10.0. The molecule has 4 rings (SSSR count). The number of hydrogen-bond acceptors (Lipinski definition) is 4. The molecule has 29 heavy (non-hydrogen) atoms. The molecule has 3 heterocycles. The summed E-state index contributed by atoms with van der Waals surface area (Å²) in [5.41, 5.74) is 2.50. The standard InChI is InChI=1S/C21H29N5O2.HI/c1-22-21(26-10-12-28-20(15-26)19-3-2-11-27-19)24-13-17-4-6-18(7-5-17)14-25-9-8-23-16-25;/h4-9,16,19-20H,2-3,10-15H2,1H3,(H,22,24);1H. The third kappa shape index (κ3) is 5.93. The first kappa shape index (κ1) is 22.0. The third-order valence-corrected chi connectivity index (χ3v) is 5.38. The SMILES string of the molecule is CN=C(NCc1ccc(Cn2ccnc2)cc1)N1CCOC(C2CCCO2)C1.I. The Hall–Kier alpha value is -1.65. The number of nitrogens with zero attached hydrogens (tertiary/aromatic N) is 4. The van der Waals surface area contributed by atoms with Crippen molar-refractivity contribution in [1.29, 1.82) is 0 Å². The lowest BCUT2D eigenvalue weighted by molar-refractivity contribution is -0.0817. The summed E-state index contributed by atoms with van der Waals surface area (Å²) in [5.74, 6) is 0.925. The highest BCUT2D eigenvalue weighted by atomic mass is 127. The number of hydrogen-bond donors (Lipinski definition) is 1. The Morgan fingerprint density at radius 3 is 2.66 bits per heavy atom. The van der Waals surface area contributed by atoms with Crippen molar-refractivity contribution in [2.45, 2.75) is 38.1 Å². The van der Waals surface area contributed by atoms with Gasteiger partial charge in [-0.3, -0.25) is 4.99 Å². The van der Waals surface area contributed by atoms with Gasteiger partial charge in [0, 0.05) is 52.2 Å². The van der Waals surface area contributed by atoms with E-state index in [2.05, 4.69) is 49.0 Å². The molecule has 0 bridgehead atoms. The van der Waals surface area contributed by atoms with Crippen molar-refractivity contribution in [1.82, 2.24) is 19.8 Å². The number of benzene rings is 1. The molecule has 2 atom stereocenters. The molecule has 7 nitrogen and oxygen atoms in total. The average Bonchev–Trinajstić information content (AvgIpc) is 3.44. The van der Waals surface area contributed by atoms with Crippen LogP contribution in [0, 0.1) is 0 Å². The van der Waals surface area contributed by atoms with Crippen molar-refractivity contribution in [2.75, 3.05) is 33.4 Å². The van der Waals surface area contributed by atoms with Crippen LogP contribution in [0.25, 0.3) is 0 Å². The fraction of sp³-hybridized carbons (Fsp3) is 0.524. The first-order valence-electron chi connectivity index (χ1n) is 10.0. The Kier molecular flexibility index (Phi) is 8.31. The van der Waals surface area contributed by atoms with Crippen molar-refractivity contribution in [2.24, 2.45) is 4.99 Å². The van der Waals surface area contributed by atoms with Gasteiger partial charge >= 0.3 is 0 Å². The Morgan fingerprint density at radius 1 is 1.17 bits per heavy atom. The highest BCUT2D eigenvalue weighted by molar-refractivity contribution is 14.0. The van der Waals surface area contributed by atoms with Crippen LogP contribution in [0.2, 0.25) is 0 Å². The lowest BCUT2D eigenvalue weighted by atomic mass is 10.1. The van der Waals surface area contributed by atoms with Gasteiger partial charge in [-0.05, 0) is 24.0 Å². The van der Waals surface area contributed by atoms with E-state index in [1.165, 1.54) is 11.1 Å². The molecule has 8 heteroatoms. The molecule has 1 aromatic heterocycles. The molecule has 1 aromatic carbocycles. The largest absolute Gasteiger partial charge is 0.375 e. The smallest absolute Gasteiger partial charge is 0.194 e. The van der Waals surface area contributed by atoms with E-state index in [0.29, 0.717) is 6.61 Å². The van der Waals surface area contributed by atoms with Crippen LogP contribution >= 0.6 is 24.0 Å². The minimum Gasteiger partial charge on any atom is -0.375 e. The molecule has 2 saturated heterocycles. The van der Waals surface area contributed by atoms with Crippen LogP contribution in [0.3, 0.4) is 0 Å². The lowest BCUT2D eigenvalue weighted by Gasteiger charge is -2.37. The number of aliphatic imine (C=N–C) groups is 1. The van der Waals surface area contributed by atoms with Crippen molar-refractivity contribution in [3.8, 4) is 0 Å². The molecule has 1 N–H and O–H groups in total. The normalized spacial score (nSPS) is 22.4. The summed E-state index contributed by atoms with van der Waals surface area (Å²) in [4.78, 5) is 10.8. The van der Waals surface area contributed by atoms with Crippen LogP contribution in [0.15, 0.2) is 48.0 Å². The Labute approximate surface area is 189 Å². The topological polar surface area (TPSA) is 63.9 Å². The summed E-state index contributed by atoms with van der Waals surface area (Å²) in [6.07, 6.45) is 8.21. The van der Waals surface area contributed by atoms with Crippen LogP contribution in [0.5, 0.6) is 0 Å². The van der Waals surface area contributed by atoms with E-state index in [-0.39, 0.29) is 36.2 Å². The first-order chi connectivity index (χ1) is 13.8. The molecule has 0 spiro atoms. The molecule has 2 aliphatic heterocycles. The highest BCUT2D eigenvalue weighted by Crippen LogP contribution is 2.21. The molecule has 0 saturated carbocycles. The Bertz CT molecular complexity index is 760. The van der Waals surface area contributed by atoms with Gasteiger partial charge < -0.3 is 24.3 Å². The fourth-order valence-corrected chi connectivity index (χ4v) is 3.86. The molecule has 2 aromatic rings. The monoisotopic (exact) mass is 511 g/mol. The minimum atomic E-state index is 0. The number of ether oxygens (including phenoxy) is 2. The van der Waals surface area contributed by atoms with Gasteiger partial charge in [0.1, 0.15) is 6.10 Å². The second-order valence-electron chi connectivity index (χ2n) is 7.36. The number of halogens is 1. The second kappa shape index (κ2) is 10.9. The summed E-state index contributed by atoms with van der Waals surface area (Å²) >= 11 is 0. The van der Waals surface area contributed by atoms with Crippen molar-refractivity contribution < 1.29 is 9.47 Å². The summed E-state index contributed by atoms with van der Waals surface area (Å²) in [6.45, 7) is 4.84. The predicted octanol–water partition coefficient (Wildman–Crippen LogP) is 2.50. The van der Waals surface area contributed by atoms with E-state index in [4.69, 9.17) is 9.47 Å². The van der Waals surface area contributed by atoms with Gasteiger partial charge in [-0.25, -0.2) is 4.98 Å². The zero-order valence-corrected chi connectivity index (χ0v) is 19.2. The summed E-state index contributed by atoms with van der Waals surface area (Å²) in [7, 11) is 1.84. The van der Waals surface area contributed by atoms with E-state index in [0.717, 1.165) is 51.6 Å². The summed E-state index contributed by atoms with van der Waals surface area (Å²) < 4.78 is 13.8. The molecule has 158 valence electrons. The van der Waals surface area contributed by atoms with Crippen LogP contribution in [0.4, 0.5) is 0 Å². The second-order valence-corrected chi connectivity index (χ2v) is 7.36. The van der Waals surface area contributed by atoms with Crippen LogP contribution < -0.4 is 5.32 Å². The molecular weight excluding hydrogens is 481 g/mol. The number of rotatable bonds is 5. The van der Waals surface area contributed by atoms with Gasteiger partial charge in [-0.15, -0.1) is 24.0 Å². The fourth-order valence-electron chi connectivity index (χ4n) is 3.86. The van der Waals surface area contributed by atoms with Gasteiger partial charge in [-0.2, -0.15) is 0 Å². The highest BCUT2D eigenvalue weighted by Gasteiger charge is 2.32. The predicted molar refractivity (Wildman–Crippen MR) is 124 cm³/mol. The molecule has 2 fully saturated rings. The van der Waals surface area contributed by atoms with Gasteiger partial charge in [0.2, 0.25) is 0 Å². The summed E-state index contributed by atoms with van der Waals surface area (Å²) in [5, 5.41) is 3.50. The average molecular weight is 511 g/mol. The zero-order valence-electron chi connectivity index (χ0n) is 16.9. The van der Waals surface area contributed by atoms with Gasteiger partial charge in [0.15, 0.2) is 5.96 Å². The maximum absolute atomic E-state index is 5.95. The number of morpholine rings is 1. The molecule has 0 aliphatic carbocycles. The van der Waals surface area contributed by atoms with E-state index < -0.39 is 0 Å². The molecule has 2 unspecified atom stereocenters. The molecule has 0 amide bonds. The van der Waals surface area contributed by atoms with Crippen molar-refractivity contribution in [3.63, 3.8) is 0 Å². The number of aromatic nitrogens is 2. The Morgan fingerprint density at radius 2 is 1.97 bits per heavy atom. The van der Waals surface area contributed by atoms with Crippen LogP contribution in [0.1, 0.15) is 24.0 Å². The zero-order chi connectivity index (χ0) is 19.2. The quantitative estimate of drug-likeness (QED) is 0.380. The van der Waals surface area contributed by atoms with Crippen LogP contribution in [-0.2, 0) is 22.6 Å².